The molecule has 0 radical (unpaired) electrons. The van der Waals surface area contributed by atoms with Crippen LogP contribution in [0.3, 0.4) is 0 Å². The topological polar surface area (TPSA) is 64.0 Å². The van der Waals surface area contributed by atoms with Gasteiger partial charge in [-0.2, -0.15) is 5.10 Å². The molecule has 1 aromatic heterocycles. The maximum atomic E-state index is 12.3. The Morgan fingerprint density at radius 2 is 1.81 bits per heavy atom. The van der Waals surface area contributed by atoms with E-state index in [-0.39, 0.29) is 18.0 Å². The van der Waals surface area contributed by atoms with Crippen molar-refractivity contribution < 1.29 is 4.79 Å². The lowest BCUT2D eigenvalue weighted by atomic mass is 10.1. The molecule has 0 aliphatic carbocycles. The number of nitrogens with one attached hydrogen (secondary N) is 1. The molecule has 6 heteroatoms. The van der Waals surface area contributed by atoms with E-state index in [1.54, 1.807) is 18.2 Å². The summed E-state index contributed by atoms with van der Waals surface area (Å²) in [6.07, 6.45) is 0. The first-order valence-electron chi connectivity index (χ1n) is 8.13. The number of anilines is 1. The fourth-order valence-corrected chi connectivity index (χ4v) is 2.63. The van der Waals surface area contributed by atoms with E-state index in [0.29, 0.717) is 16.4 Å². The number of aryl methyl sites for hydroxylation is 2. The maximum Gasteiger partial charge on any atom is 0.267 e. The highest BCUT2D eigenvalue weighted by Crippen LogP contribution is 2.20. The summed E-state index contributed by atoms with van der Waals surface area (Å²) in [4.78, 5) is 24.3. The molecule has 0 aliphatic heterocycles. The molecule has 0 saturated carbocycles. The Hall–Kier alpha value is -2.92. The Bertz CT molecular complexity index is 1010. The highest BCUT2D eigenvalue weighted by Gasteiger charge is 2.09. The van der Waals surface area contributed by atoms with Gasteiger partial charge in [0.05, 0.1) is 5.69 Å². The summed E-state index contributed by atoms with van der Waals surface area (Å²) < 4.78 is 1.15. The number of halogens is 1. The van der Waals surface area contributed by atoms with Crippen LogP contribution in [0.5, 0.6) is 0 Å². The smallest absolute Gasteiger partial charge is 0.267 e. The minimum Gasteiger partial charge on any atom is -0.324 e. The highest BCUT2D eigenvalue weighted by molar-refractivity contribution is 6.31. The maximum absolute atomic E-state index is 12.3. The molecule has 2 aromatic carbocycles. The van der Waals surface area contributed by atoms with Crippen molar-refractivity contribution in [1.29, 1.82) is 0 Å². The standard InChI is InChI=1S/C20H18ClN3O2/c1-13-3-6-15(7-4-13)18-9-10-20(26)24(23-18)12-19(25)22-16-8-5-14(2)17(21)11-16/h3-11H,12H2,1-2H3,(H,22,25). The van der Waals surface area contributed by atoms with Crippen molar-refractivity contribution in [2.24, 2.45) is 0 Å². The number of carbonyl (C=O) groups is 1. The third-order valence-corrected chi connectivity index (χ3v) is 4.37. The lowest BCUT2D eigenvalue weighted by molar-refractivity contribution is -0.117. The summed E-state index contributed by atoms with van der Waals surface area (Å²) in [6, 6.07) is 16.1. The summed E-state index contributed by atoms with van der Waals surface area (Å²) in [7, 11) is 0. The fraction of sp³-hybridized carbons (Fsp3) is 0.150. The van der Waals surface area contributed by atoms with Crippen molar-refractivity contribution >= 4 is 23.2 Å². The van der Waals surface area contributed by atoms with Crippen molar-refractivity contribution in [2.45, 2.75) is 20.4 Å². The van der Waals surface area contributed by atoms with Gasteiger partial charge in [0.2, 0.25) is 5.91 Å². The monoisotopic (exact) mass is 367 g/mol. The molecule has 26 heavy (non-hydrogen) atoms. The first-order valence-corrected chi connectivity index (χ1v) is 8.51. The third kappa shape index (κ3) is 4.18. The molecule has 1 heterocycles. The summed E-state index contributed by atoms with van der Waals surface area (Å²) in [5.41, 5.74) is 3.82. The normalized spacial score (nSPS) is 10.6. The molecule has 5 nitrogen and oxygen atoms in total. The van der Waals surface area contributed by atoms with Crippen molar-refractivity contribution in [2.75, 3.05) is 5.32 Å². The van der Waals surface area contributed by atoms with Crippen LogP contribution in [-0.2, 0) is 11.3 Å². The van der Waals surface area contributed by atoms with E-state index < -0.39 is 0 Å². The van der Waals surface area contributed by atoms with Gasteiger partial charge in [-0.25, -0.2) is 4.68 Å². The van der Waals surface area contributed by atoms with Crippen molar-refractivity contribution in [3.8, 4) is 11.3 Å². The van der Waals surface area contributed by atoms with E-state index >= 15 is 0 Å². The van der Waals surface area contributed by atoms with Gasteiger partial charge in [-0.15, -0.1) is 0 Å². The van der Waals surface area contributed by atoms with Crippen LogP contribution in [0.1, 0.15) is 11.1 Å². The Morgan fingerprint density at radius 1 is 1.08 bits per heavy atom. The van der Waals surface area contributed by atoms with Crippen LogP contribution in [0.25, 0.3) is 11.3 Å². The Kier molecular flexibility index (Phi) is 5.19. The third-order valence-electron chi connectivity index (χ3n) is 3.96. The average molecular weight is 368 g/mol. The molecule has 1 N–H and O–H groups in total. The number of amides is 1. The van der Waals surface area contributed by atoms with Gasteiger partial charge >= 0.3 is 0 Å². The first kappa shape index (κ1) is 17.9. The summed E-state index contributed by atoms with van der Waals surface area (Å²) in [6.45, 7) is 3.71. The molecule has 0 fully saturated rings. The quantitative estimate of drug-likeness (QED) is 0.762. The van der Waals surface area contributed by atoms with Crippen LogP contribution in [-0.4, -0.2) is 15.7 Å². The van der Waals surface area contributed by atoms with Gasteiger partial charge in [0.25, 0.3) is 5.56 Å². The van der Waals surface area contributed by atoms with E-state index in [2.05, 4.69) is 10.4 Å². The minimum absolute atomic E-state index is 0.177. The summed E-state index contributed by atoms with van der Waals surface area (Å²) in [5.74, 6) is -0.347. The largest absolute Gasteiger partial charge is 0.324 e. The van der Waals surface area contributed by atoms with E-state index in [1.165, 1.54) is 6.07 Å². The summed E-state index contributed by atoms with van der Waals surface area (Å²) in [5, 5.41) is 7.60. The predicted octanol–water partition coefficient (Wildman–Crippen LogP) is 3.82. The molecule has 3 rings (SSSR count). The SMILES string of the molecule is Cc1ccc(-c2ccc(=O)n(CC(=O)Nc3ccc(C)c(Cl)c3)n2)cc1. The number of hydrogen-bond donors (Lipinski definition) is 1. The molecule has 0 spiro atoms. The Morgan fingerprint density at radius 3 is 2.50 bits per heavy atom. The van der Waals surface area contributed by atoms with Gasteiger partial charge < -0.3 is 5.32 Å². The van der Waals surface area contributed by atoms with E-state index in [4.69, 9.17) is 11.6 Å². The number of rotatable bonds is 4. The zero-order chi connectivity index (χ0) is 18.7. The van der Waals surface area contributed by atoms with Crippen LogP contribution in [0.2, 0.25) is 5.02 Å². The van der Waals surface area contributed by atoms with Gasteiger partial charge in [-0.3, -0.25) is 9.59 Å². The summed E-state index contributed by atoms with van der Waals surface area (Å²) >= 11 is 6.06. The van der Waals surface area contributed by atoms with Crippen LogP contribution >= 0.6 is 11.6 Å². The van der Waals surface area contributed by atoms with Crippen molar-refractivity contribution in [3.63, 3.8) is 0 Å². The van der Waals surface area contributed by atoms with Crippen LogP contribution < -0.4 is 10.9 Å². The molecule has 3 aromatic rings. The lowest BCUT2D eigenvalue weighted by Gasteiger charge is -2.09. The van der Waals surface area contributed by atoms with Crippen molar-refractivity contribution in [3.05, 3.63) is 81.1 Å². The van der Waals surface area contributed by atoms with Crippen LogP contribution in [0, 0.1) is 13.8 Å². The number of benzene rings is 2. The molecular weight excluding hydrogens is 350 g/mol. The van der Waals surface area contributed by atoms with E-state index in [0.717, 1.165) is 21.4 Å². The number of nitrogens with zero attached hydrogens (tertiary/aromatic N) is 2. The van der Waals surface area contributed by atoms with Gasteiger partial charge in [-0.1, -0.05) is 47.5 Å². The van der Waals surface area contributed by atoms with Gasteiger partial charge in [0.15, 0.2) is 0 Å². The lowest BCUT2D eigenvalue weighted by Crippen LogP contribution is -2.29. The molecule has 1 amide bonds. The average Bonchev–Trinajstić information content (AvgIpc) is 2.61. The highest BCUT2D eigenvalue weighted by atomic mass is 35.5. The van der Waals surface area contributed by atoms with Crippen LogP contribution in [0.4, 0.5) is 5.69 Å². The zero-order valence-electron chi connectivity index (χ0n) is 14.5. The number of carbonyl (C=O) groups excluding carboxylic acids is 1. The Labute approximate surface area is 156 Å². The van der Waals surface area contributed by atoms with E-state index in [1.807, 2.05) is 44.2 Å². The molecule has 0 atom stereocenters. The zero-order valence-corrected chi connectivity index (χ0v) is 15.2. The second-order valence-electron chi connectivity index (χ2n) is 6.09. The second kappa shape index (κ2) is 7.54. The first-order chi connectivity index (χ1) is 12.4. The molecule has 0 bridgehead atoms. The van der Waals surface area contributed by atoms with Gasteiger partial charge in [0.1, 0.15) is 6.54 Å². The van der Waals surface area contributed by atoms with Crippen LogP contribution in [0.15, 0.2) is 59.4 Å². The fourth-order valence-electron chi connectivity index (χ4n) is 2.45. The molecular formula is C20H18ClN3O2. The number of aromatic nitrogens is 2. The molecule has 0 unspecified atom stereocenters. The van der Waals surface area contributed by atoms with Gasteiger partial charge in [0, 0.05) is 22.3 Å². The molecule has 132 valence electrons. The van der Waals surface area contributed by atoms with Gasteiger partial charge in [-0.05, 0) is 37.6 Å². The predicted molar refractivity (Wildman–Crippen MR) is 103 cm³/mol. The van der Waals surface area contributed by atoms with E-state index in [9.17, 15) is 9.59 Å². The number of hydrogen-bond acceptors (Lipinski definition) is 3. The Balaban J connectivity index is 1.79. The molecule has 0 aliphatic rings. The van der Waals surface area contributed by atoms with Crippen molar-refractivity contribution in [1.82, 2.24) is 9.78 Å². The molecule has 0 saturated heterocycles. The minimum atomic E-state index is -0.347. The second-order valence-corrected chi connectivity index (χ2v) is 6.50.